The Hall–Kier alpha value is 0.136. The second kappa shape index (κ2) is 7.40. The fourth-order valence-corrected chi connectivity index (χ4v) is 2.15. The fraction of sp³-hybridized carbons (Fsp3) is 0.400. The molecule has 0 radical (unpaired) electrons. The first-order chi connectivity index (χ1) is 10.1. The zero-order valence-electron chi connectivity index (χ0n) is 10.4. The van der Waals surface area contributed by atoms with Crippen molar-refractivity contribution in [2.45, 2.75) is 29.0 Å². The van der Waals surface area contributed by atoms with Crippen molar-refractivity contribution in [1.82, 2.24) is 0 Å². The molecule has 0 aliphatic rings. The van der Waals surface area contributed by atoms with Crippen molar-refractivity contribution in [1.29, 1.82) is 0 Å². The van der Waals surface area contributed by atoms with E-state index in [4.69, 9.17) is 0 Å². The number of hydrogen-bond acceptors (Lipinski definition) is 3. The van der Waals surface area contributed by atoms with Gasteiger partial charge in [-0.25, -0.2) is 0 Å². The Morgan fingerprint density at radius 2 is 1.17 bits per heavy atom. The molecular weight excluding hydrogens is 410 g/mol. The average molecular weight is 416 g/mol. The van der Waals surface area contributed by atoms with Crippen LogP contribution in [0.3, 0.4) is 0 Å². The van der Waals surface area contributed by atoms with Crippen molar-refractivity contribution >= 4 is 61.5 Å². The van der Waals surface area contributed by atoms with Crippen molar-refractivity contribution < 1.29 is 52.1 Å². The summed E-state index contributed by atoms with van der Waals surface area (Å²) in [5.41, 5.74) is 0. The van der Waals surface area contributed by atoms with Crippen LogP contribution < -0.4 is 0 Å². The van der Waals surface area contributed by atoms with E-state index < -0.39 is 39.1 Å². The third kappa shape index (κ3) is 4.45. The van der Waals surface area contributed by atoms with Crippen molar-refractivity contribution in [2.75, 3.05) is 0 Å². The molecule has 0 aliphatic heterocycles. The van der Waals surface area contributed by atoms with Crippen LogP contribution in [0.25, 0.3) is 0 Å². The van der Waals surface area contributed by atoms with Crippen molar-refractivity contribution in [3.63, 3.8) is 0 Å². The maximum atomic E-state index is 13.1. The van der Waals surface area contributed by atoms with Gasteiger partial charge in [0, 0.05) is 0 Å². The van der Waals surface area contributed by atoms with Crippen molar-refractivity contribution in [3.8, 4) is 0 Å². The van der Waals surface area contributed by atoms with E-state index in [2.05, 4.69) is 4.18 Å². The van der Waals surface area contributed by atoms with E-state index in [0.29, 0.717) is 12.1 Å². The van der Waals surface area contributed by atoms with Gasteiger partial charge < -0.3 is 0 Å². The Balaban J connectivity index is 0.00000529. The Bertz CT molecular complexity index is 658. The Labute approximate surface area is 171 Å². The first kappa shape index (κ1) is 24.1. The summed E-state index contributed by atoms with van der Waals surface area (Å²) in [6.45, 7) is 0. The van der Waals surface area contributed by atoms with Gasteiger partial charge in [-0.05, 0) is 12.1 Å². The Kier molecular flexibility index (Phi) is 7.44. The summed E-state index contributed by atoms with van der Waals surface area (Å²) in [5, 5.41) is 0. The fourth-order valence-electron chi connectivity index (χ4n) is 1.19. The first-order valence-corrected chi connectivity index (χ1v) is 6.68. The normalized spacial score (nSPS) is 14.2. The van der Waals surface area contributed by atoms with Gasteiger partial charge in [-0.3, -0.25) is 0 Å². The van der Waals surface area contributed by atoms with Gasteiger partial charge in [0.25, 0.3) is 0 Å². The molecule has 14 heteroatoms. The van der Waals surface area contributed by atoms with E-state index in [0.717, 1.165) is 12.1 Å². The van der Waals surface area contributed by atoms with Gasteiger partial charge in [0.15, 0.2) is 0 Å². The molecule has 0 N–H and O–H groups in total. The second-order valence-corrected chi connectivity index (χ2v) is 5.56. The molecular formula is C10H6F9KO3S. The number of halogens is 9. The van der Waals surface area contributed by atoms with Crippen molar-refractivity contribution in [3.05, 3.63) is 30.3 Å². The Morgan fingerprint density at radius 3 is 1.54 bits per heavy atom. The molecule has 134 valence electrons. The first-order valence-electron chi connectivity index (χ1n) is 5.27. The van der Waals surface area contributed by atoms with E-state index in [1.54, 1.807) is 0 Å². The summed E-state index contributed by atoms with van der Waals surface area (Å²) in [6, 6.07) is 4.22. The van der Waals surface area contributed by atoms with Gasteiger partial charge in [0.1, 0.15) is 0 Å². The number of alkyl halides is 9. The monoisotopic (exact) mass is 416 g/mol. The molecule has 0 amide bonds. The zero-order valence-corrected chi connectivity index (χ0v) is 11.2. The molecule has 24 heavy (non-hydrogen) atoms. The molecule has 0 spiro atoms. The van der Waals surface area contributed by atoms with Crippen LogP contribution in [0.4, 0.5) is 39.5 Å². The summed E-state index contributed by atoms with van der Waals surface area (Å²) in [7, 11) is -5.74. The van der Waals surface area contributed by atoms with Crippen LogP contribution in [-0.2, 0) is 14.3 Å². The van der Waals surface area contributed by atoms with Gasteiger partial charge >= 0.3 is 85.6 Å². The minimum atomic E-state index is -7.24. The van der Waals surface area contributed by atoms with Gasteiger partial charge in [-0.15, -0.1) is 0 Å². The van der Waals surface area contributed by atoms with Crippen LogP contribution >= 0.6 is 0 Å². The summed E-state index contributed by atoms with van der Waals surface area (Å²) in [4.78, 5) is -1.15. The maximum absolute atomic E-state index is 13.1. The molecule has 0 fully saturated rings. The van der Waals surface area contributed by atoms with Gasteiger partial charge in [0.2, 0.25) is 0 Å². The predicted molar refractivity (Wildman–Crippen MR) is 62.8 cm³/mol. The van der Waals surface area contributed by atoms with Crippen LogP contribution in [0.2, 0.25) is 0 Å². The topological polar surface area (TPSA) is 43.4 Å². The molecule has 0 atom stereocenters. The standard InChI is InChI=1S/C10H5F9O3S.K.H/c11-7(12,9(15,16)17)8(13,14)10(18,19)22-23(20,21)6-4-2-1-3-5-6;;/h1-5H;;. The van der Waals surface area contributed by atoms with E-state index in [1.807, 2.05) is 0 Å². The summed E-state index contributed by atoms with van der Waals surface area (Å²) in [6.07, 6.45) is -13.7. The van der Waals surface area contributed by atoms with E-state index in [9.17, 15) is 47.9 Å². The number of hydrogen-bond donors (Lipinski definition) is 0. The van der Waals surface area contributed by atoms with Crippen LogP contribution in [0.1, 0.15) is 0 Å². The molecule has 0 heterocycles. The van der Waals surface area contributed by atoms with Crippen molar-refractivity contribution in [2.24, 2.45) is 0 Å². The van der Waals surface area contributed by atoms with E-state index >= 15 is 0 Å². The summed E-state index contributed by atoms with van der Waals surface area (Å²) >= 11 is 0. The third-order valence-electron chi connectivity index (χ3n) is 2.36. The third-order valence-corrected chi connectivity index (χ3v) is 3.64. The molecule has 1 rings (SSSR count). The van der Waals surface area contributed by atoms with Crippen LogP contribution in [-0.4, -0.2) is 83.9 Å². The zero-order chi connectivity index (χ0) is 18.3. The van der Waals surface area contributed by atoms with Crippen LogP contribution in [0.5, 0.6) is 0 Å². The van der Waals surface area contributed by atoms with E-state index in [1.165, 1.54) is 6.07 Å². The summed E-state index contributed by atoms with van der Waals surface area (Å²) in [5.74, 6) is -14.4. The molecule has 1 aromatic carbocycles. The predicted octanol–water partition coefficient (Wildman–Crippen LogP) is 3.17. The molecule has 0 aromatic heterocycles. The molecule has 1 aromatic rings. The number of rotatable bonds is 5. The SMILES string of the molecule is O=S(=O)(OC(F)(F)C(F)(F)C(F)(F)C(F)(F)F)c1ccccc1.[KH]. The summed E-state index contributed by atoms with van der Waals surface area (Å²) < 4.78 is 138. The molecule has 0 unspecified atom stereocenters. The van der Waals surface area contributed by atoms with Gasteiger partial charge in [-0.2, -0.15) is 52.1 Å². The molecule has 3 nitrogen and oxygen atoms in total. The quantitative estimate of drug-likeness (QED) is 0.421. The molecule has 0 aliphatic carbocycles. The minimum absolute atomic E-state index is 0. The number of benzene rings is 1. The van der Waals surface area contributed by atoms with E-state index in [-0.39, 0.29) is 51.4 Å². The molecule has 0 bridgehead atoms. The Morgan fingerprint density at radius 1 is 0.750 bits per heavy atom. The van der Waals surface area contributed by atoms with Gasteiger partial charge in [-0.1, -0.05) is 18.2 Å². The average Bonchev–Trinajstić information content (AvgIpc) is 2.36. The molecule has 0 saturated carbocycles. The van der Waals surface area contributed by atoms with Gasteiger partial charge in [0.05, 0.1) is 4.90 Å². The molecule has 0 saturated heterocycles. The van der Waals surface area contributed by atoms with Crippen LogP contribution in [0.15, 0.2) is 35.2 Å². The second-order valence-electron chi connectivity index (χ2n) is 4.01. The van der Waals surface area contributed by atoms with Crippen LogP contribution in [0, 0.1) is 0 Å².